The van der Waals surface area contributed by atoms with E-state index in [1.165, 1.54) is 19.1 Å². The molecule has 1 N–H and O–H groups in total. The third-order valence-corrected chi connectivity index (χ3v) is 15.1. The van der Waals surface area contributed by atoms with Crippen molar-refractivity contribution in [2.45, 2.75) is 28.3 Å². The Hall–Kier alpha value is -2.38. The number of rotatable bonds is 9. The Morgan fingerprint density at radius 1 is 1.30 bits per heavy atom. The number of sulfonamides is 1. The SMILES string of the molecule is COc1ccc(CN(c2ncns2)S(=O)(=O)c2c(F)cc([As](C)C3CCN(C(=O)O)C3)c(Cl)c2F)c(OC)c1.Cl. The second kappa shape index (κ2) is 13.1. The van der Waals surface area contributed by atoms with Crippen LogP contribution in [0.3, 0.4) is 0 Å². The maximum atomic E-state index is 15.7. The maximum absolute atomic E-state index is 15.7. The smallest absolute Gasteiger partial charge is 0.147 e. The molecule has 0 aliphatic carbocycles. The minimum absolute atomic E-state index is 0. The van der Waals surface area contributed by atoms with Gasteiger partial charge in [-0.3, -0.25) is 0 Å². The Bertz CT molecular complexity index is 1490. The number of benzene rings is 2. The van der Waals surface area contributed by atoms with Crippen LogP contribution in [0, 0.1) is 11.6 Å². The summed E-state index contributed by atoms with van der Waals surface area (Å²) in [6.45, 7) is 0.182. The first kappa shape index (κ1) is 32.1. The number of methoxy groups -OCH3 is 2. The Balaban J connectivity index is 0.00000441. The number of carbonyl (C=O) groups is 1. The largest absolute Gasteiger partial charge is 0.147 e. The molecule has 2 unspecified atom stereocenters. The molecule has 3 aromatic rings. The van der Waals surface area contributed by atoms with Crippen molar-refractivity contribution in [3.05, 3.63) is 52.8 Å². The van der Waals surface area contributed by atoms with Crippen molar-refractivity contribution in [2.75, 3.05) is 31.6 Å². The number of carboxylic acid groups (broad SMARTS) is 1. The molecular formula is C23H25AsCl2F2N4O6S2. The molecule has 2 heterocycles. The number of hydrogen-bond acceptors (Lipinski definition) is 8. The van der Waals surface area contributed by atoms with Crippen LogP contribution < -0.4 is 18.1 Å². The zero-order chi connectivity index (χ0) is 28.5. The molecule has 1 saturated heterocycles. The summed E-state index contributed by atoms with van der Waals surface area (Å²) >= 11 is 4.81. The van der Waals surface area contributed by atoms with Gasteiger partial charge in [0.2, 0.25) is 0 Å². The summed E-state index contributed by atoms with van der Waals surface area (Å²) in [5, 5.41) is 8.65. The first-order valence-corrected chi connectivity index (χ1v) is 17.9. The van der Waals surface area contributed by atoms with Gasteiger partial charge in [-0.1, -0.05) is 0 Å². The average molecular weight is 701 g/mol. The Morgan fingerprint density at radius 2 is 2.02 bits per heavy atom. The molecule has 0 bridgehead atoms. The zero-order valence-corrected chi connectivity index (χ0v) is 26.5. The third-order valence-electron chi connectivity index (χ3n) is 6.38. The fourth-order valence-corrected chi connectivity index (χ4v) is 11.7. The summed E-state index contributed by atoms with van der Waals surface area (Å²) in [7, 11) is -2.02. The van der Waals surface area contributed by atoms with E-state index < -0.39 is 52.3 Å². The van der Waals surface area contributed by atoms with Crippen LogP contribution in [0.1, 0.15) is 12.0 Å². The summed E-state index contributed by atoms with van der Waals surface area (Å²) < 4.78 is 74.1. The molecule has 4 rings (SSSR count). The van der Waals surface area contributed by atoms with Crippen molar-refractivity contribution in [1.29, 1.82) is 0 Å². The summed E-state index contributed by atoms with van der Waals surface area (Å²) in [5.41, 5.74) is 2.20. The molecule has 1 aliphatic rings. The number of anilines is 1. The van der Waals surface area contributed by atoms with Crippen LogP contribution in [0.4, 0.5) is 18.7 Å². The molecule has 17 heteroatoms. The number of halogens is 4. The normalized spacial score (nSPS) is 15.8. The van der Waals surface area contributed by atoms with Crippen molar-refractivity contribution in [2.24, 2.45) is 0 Å². The molecule has 2 atom stereocenters. The van der Waals surface area contributed by atoms with Gasteiger partial charge < -0.3 is 0 Å². The monoisotopic (exact) mass is 700 g/mol. The predicted octanol–water partition coefficient (Wildman–Crippen LogP) is 4.39. The first-order valence-electron chi connectivity index (χ1n) is 11.4. The van der Waals surface area contributed by atoms with Gasteiger partial charge in [0, 0.05) is 0 Å². The molecule has 10 nitrogen and oxygen atoms in total. The number of hydrogen-bond donors (Lipinski definition) is 1. The Kier molecular flexibility index (Phi) is 10.5. The van der Waals surface area contributed by atoms with E-state index in [0.717, 1.165) is 28.2 Å². The standard InChI is InChI=1S/C23H24AsClF2N4O6S2.ClH/c1-24(14-6-7-30(11-14)23(32)33)16-9-17(26)21(20(27)19(16)25)39(34,35)31(22-28-12-29-38-22)10-13-4-5-15(36-2)8-18(13)37-3;/h4-5,8-9,12,14H,6-7,10-11H2,1-3H3,(H,32,33);1H. The molecule has 1 aromatic heterocycles. The number of nitrogens with zero attached hydrogens (tertiary/aromatic N) is 4. The molecule has 218 valence electrons. The van der Waals surface area contributed by atoms with E-state index in [2.05, 4.69) is 9.36 Å². The molecule has 0 radical (unpaired) electrons. The van der Waals surface area contributed by atoms with E-state index in [-0.39, 0.29) is 39.7 Å². The summed E-state index contributed by atoms with van der Waals surface area (Å²) in [6.07, 6.45) is 0.610. The summed E-state index contributed by atoms with van der Waals surface area (Å²) in [5.74, 6) is -1.94. The second-order valence-corrected chi connectivity index (χ2v) is 16.6. The average Bonchev–Trinajstić information content (AvgIpc) is 3.61. The first-order chi connectivity index (χ1) is 18.5. The molecule has 1 fully saturated rings. The van der Waals surface area contributed by atoms with Crippen molar-refractivity contribution >= 4 is 75.8 Å². The van der Waals surface area contributed by atoms with Crippen molar-refractivity contribution in [1.82, 2.24) is 14.3 Å². The van der Waals surface area contributed by atoms with Gasteiger partial charge in [-0.25, -0.2) is 0 Å². The van der Waals surface area contributed by atoms with Gasteiger partial charge in [0.1, 0.15) is 0 Å². The number of likely N-dealkylation sites (tertiary alicyclic amines) is 1. The molecule has 1 aliphatic heterocycles. The van der Waals surface area contributed by atoms with Crippen LogP contribution in [-0.2, 0) is 16.6 Å². The van der Waals surface area contributed by atoms with Gasteiger partial charge in [-0.15, -0.1) is 12.4 Å². The number of aromatic nitrogens is 2. The maximum Gasteiger partial charge on any atom is -0.147 e. The number of ether oxygens (including phenoxy) is 2. The van der Waals surface area contributed by atoms with E-state index >= 15 is 8.78 Å². The van der Waals surface area contributed by atoms with E-state index in [4.69, 9.17) is 21.1 Å². The fraction of sp³-hybridized carbons (Fsp3) is 0.348. The zero-order valence-electron chi connectivity index (χ0n) is 21.4. The molecule has 1 amide bonds. The van der Waals surface area contributed by atoms with Crippen LogP contribution in [0.2, 0.25) is 15.4 Å². The minimum atomic E-state index is -4.88. The molecule has 2 aromatic carbocycles. The summed E-state index contributed by atoms with van der Waals surface area (Å²) in [4.78, 5) is 15.3. The minimum Gasteiger partial charge on any atom is -0.147 e. The topological polar surface area (TPSA) is 122 Å². The molecular weight excluding hydrogens is 676 g/mol. The fourth-order valence-electron chi connectivity index (χ4n) is 4.27. The van der Waals surface area contributed by atoms with Gasteiger partial charge >= 0.3 is 231 Å². The van der Waals surface area contributed by atoms with Crippen molar-refractivity contribution in [3.63, 3.8) is 0 Å². The Morgan fingerprint density at radius 3 is 2.60 bits per heavy atom. The van der Waals surface area contributed by atoms with Crippen molar-refractivity contribution in [3.8, 4) is 11.5 Å². The quantitative estimate of drug-likeness (QED) is 0.258. The van der Waals surface area contributed by atoms with Gasteiger partial charge in [-0.2, -0.15) is 0 Å². The Labute approximate surface area is 249 Å². The van der Waals surface area contributed by atoms with Gasteiger partial charge in [0.25, 0.3) is 0 Å². The van der Waals surface area contributed by atoms with Crippen LogP contribution >= 0.6 is 35.5 Å². The second-order valence-electron chi connectivity index (χ2n) is 8.53. The van der Waals surface area contributed by atoms with Crippen LogP contribution in [-0.4, -0.2) is 75.8 Å². The van der Waals surface area contributed by atoms with E-state index in [0.29, 0.717) is 30.0 Å². The molecule has 0 saturated carbocycles. The van der Waals surface area contributed by atoms with Crippen molar-refractivity contribution < 1.29 is 36.6 Å². The third kappa shape index (κ3) is 6.25. The number of amides is 1. The van der Waals surface area contributed by atoms with Gasteiger partial charge in [-0.05, 0) is 0 Å². The van der Waals surface area contributed by atoms with Crippen LogP contribution in [0.15, 0.2) is 35.5 Å². The van der Waals surface area contributed by atoms with Crippen LogP contribution in [0.5, 0.6) is 11.5 Å². The molecule has 0 spiro atoms. The van der Waals surface area contributed by atoms with E-state index in [1.807, 2.05) is 5.71 Å². The predicted molar refractivity (Wildman–Crippen MR) is 151 cm³/mol. The summed E-state index contributed by atoms with van der Waals surface area (Å²) in [6, 6.07) is 5.68. The van der Waals surface area contributed by atoms with E-state index in [1.54, 1.807) is 18.2 Å². The van der Waals surface area contributed by atoms with Gasteiger partial charge in [0.15, 0.2) is 0 Å². The van der Waals surface area contributed by atoms with E-state index in [9.17, 15) is 18.3 Å². The molecule has 40 heavy (non-hydrogen) atoms. The van der Waals surface area contributed by atoms with Gasteiger partial charge in [0.05, 0.1) is 7.11 Å². The van der Waals surface area contributed by atoms with Crippen LogP contribution in [0.25, 0.3) is 0 Å².